The van der Waals surface area contributed by atoms with Crippen molar-refractivity contribution in [3.63, 3.8) is 0 Å². The second kappa shape index (κ2) is 10.1. The van der Waals surface area contributed by atoms with Gasteiger partial charge in [-0.15, -0.1) is 0 Å². The maximum atomic E-state index is 11.5. The summed E-state index contributed by atoms with van der Waals surface area (Å²) in [6.45, 7) is 0.189. The Morgan fingerprint density at radius 2 is 1.38 bits per heavy atom. The number of hydrogen-bond donors (Lipinski definition) is 1. The van der Waals surface area contributed by atoms with E-state index >= 15 is 0 Å². The first-order valence-corrected chi connectivity index (χ1v) is 13.6. The molecule has 4 nitrogen and oxygen atoms in total. The molecule has 0 amide bonds. The highest BCUT2D eigenvalue weighted by atomic mass is 31.1. The standard InChI is InChI=1S/C32H25O4P/c33-31(34)18-17-23-16-15-22-9-7-8-14-26(22)32(23)27-19-28-29(36-21-35-28)20-30(27)37(24-10-3-1-4-11-24)25-12-5-2-6-13-25/h1-16,19-20H,17-18,21H2,(H,33,34). The highest BCUT2D eigenvalue weighted by Crippen LogP contribution is 2.45. The second-order valence-electron chi connectivity index (χ2n) is 8.94. The van der Waals surface area contributed by atoms with E-state index in [0.717, 1.165) is 38.5 Å². The molecule has 1 N–H and O–H groups in total. The maximum absolute atomic E-state index is 11.5. The van der Waals surface area contributed by atoms with Crippen LogP contribution in [0.25, 0.3) is 21.9 Å². The van der Waals surface area contributed by atoms with Gasteiger partial charge < -0.3 is 14.6 Å². The van der Waals surface area contributed by atoms with Gasteiger partial charge in [0, 0.05) is 6.42 Å². The summed E-state index contributed by atoms with van der Waals surface area (Å²) in [5.74, 6) is 0.651. The number of rotatable bonds is 7. The highest BCUT2D eigenvalue weighted by Gasteiger charge is 2.27. The Morgan fingerprint density at radius 1 is 0.757 bits per heavy atom. The lowest BCUT2D eigenvalue weighted by Gasteiger charge is -2.24. The molecule has 182 valence electrons. The minimum atomic E-state index is -0.938. The van der Waals surface area contributed by atoms with E-state index in [-0.39, 0.29) is 13.2 Å². The zero-order chi connectivity index (χ0) is 25.2. The second-order valence-corrected chi connectivity index (χ2v) is 11.1. The van der Waals surface area contributed by atoms with Crippen LogP contribution in [0.3, 0.4) is 0 Å². The first-order chi connectivity index (χ1) is 18.2. The lowest BCUT2D eigenvalue weighted by molar-refractivity contribution is -0.136. The summed E-state index contributed by atoms with van der Waals surface area (Å²) in [6, 6.07) is 37.8. The highest BCUT2D eigenvalue weighted by molar-refractivity contribution is 7.80. The molecule has 0 fully saturated rings. The van der Waals surface area contributed by atoms with E-state index in [4.69, 9.17) is 9.47 Å². The normalized spacial score (nSPS) is 12.2. The van der Waals surface area contributed by atoms with Crippen LogP contribution in [0.4, 0.5) is 0 Å². The zero-order valence-electron chi connectivity index (χ0n) is 20.1. The molecule has 0 saturated carbocycles. The summed E-state index contributed by atoms with van der Waals surface area (Å²) in [5.41, 5.74) is 3.13. The average Bonchev–Trinajstić information content (AvgIpc) is 3.40. The van der Waals surface area contributed by atoms with Gasteiger partial charge in [0.25, 0.3) is 0 Å². The zero-order valence-corrected chi connectivity index (χ0v) is 21.0. The quantitative estimate of drug-likeness (QED) is 0.276. The number of ether oxygens (including phenoxy) is 2. The van der Waals surface area contributed by atoms with Gasteiger partial charge in [-0.3, -0.25) is 4.79 Å². The number of aliphatic carboxylic acids is 1. The average molecular weight is 505 g/mol. The molecule has 0 spiro atoms. The molecule has 0 unspecified atom stereocenters. The van der Waals surface area contributed by atoms with Crippen LogP contribution in [0.5, 0.6) is 11.5 Å². The summed E-state index contributed by atoms with van der Waals surface area (Å²) < 4.78 is 11.7. The maximum Gasteiger partial charge on any atom is 0.303 e. The van der Waals surface area contributed by atoms with Crippen molar-refractivity contribution >= 4 is 40.6 Å². The van der Waals surface area contributed by atoms with Crippen molar-refractivity contribution in [2.75, 3.05) is 6.79 Å². The molecule has 0 saturated heterocycles. The fraction of sp³-hybridized carbons (Fsp3) is 0.0938. The van der Waals surface area contributed by atoms with Crippen LogP contribution in [0, 0.1) is 0 Å². The van der Waals surface area contributed by atoms with Crippen LogP contribution >= 0.6 is 7.92 Å². The van der Waals surface area contributed by atoms with E-state index in [1.807, 2.05) is 24.3 Å². The Morgan fingerprint density at radius 3 is 2.05 bits per heavy atom. The van der Waals surface area contributed by atoms with E-state index in [1.54, 1.807) is 0 Å². The molecular formula is C32H25O4P. The number of aryl methyl sites for hydroxylation is 1. The summed E-state index contributed by atoms with van der Waals surface area (Å²) in [5, 5.41) is 15.3. The monoisotopic (exact) mass is 504 g/mol. The van der Waals surface area contributed by atoms with Gasteiger partial charge in [-0.05, 0) is 69.9 Å². The molecule has 5 heteroatoms. The summed E-state index contributed by atoms with van der Waals surface area (Å²) in [7, 11) is -0.938. The third-order valence-corrected chi connectivity index (χ3v) is 9.13. The van der Waals surface area contributed by atoms with Crippen LogP contribution in [-0.4, -0.2) is 17.9 Å². The van der Waals surface area contributed by atoms with Gasteiger partial charge in [0.1, 0.15) is 0 Å². The molecule has 0 aromatic heterocycles. The Hall–Kier alpha value is -4.14. The minimum Gasteiger partial charge on any atom is -0.481 e. The van der Waals surface area contributed by atoms with Gasteiger partial charge in [0.15, 0.2) is 11.5 Å². The van der Waals surface area contributed by atoms with E-state index in [2.05, 4.69) is 84.9 Å². The Bertz CT molecular complexity index is 1540. The van der Waals surface area contributed by atoms with Crippen molar-refractivity contribution in [3.05, 3.63) is 115 Å². The van der Waals surface area contributed by atoms with E-state index in [1.165, 1.54) is 10.6 Å². The van der Waals surface area contributed by atoms with Crippen molar-refractivity contribution in [2.24, 2.45) is 0 Å². The predicted molar refractivity (Wildman–Crippen MR) is 150 cm³/mol. The van der Waals surface area contributed by atoms with Crippen molar-refractivity contribution in [1.82, 2.24) is 0 Å². The molecule has 37 heavy (non-hydrogen) atoms. The first-order valence-electron chi connectivity index (χ1n) is 12.3. The van der Waals surface area contributed by atoms with Gasteiger partial charge >= 0.3 is 5.97 Å². The molecule has 6 rings (SSSR count). The number of carbonyl (C=O) groups is 1. The van der Waals surface area contributed by atoms with E-state index in [0.29, 0.717) is 12.2 Å². The largest absolute Gasteiger partial charge is 0.481 e. The predicted octanol–water partition coefficient (Wildman–Crippen LogP) is 6.01. The van der Waals surface area contributed by atoms with Crippen LogP contribution in [0.15, 0.2) is 109 Å². The van der Waals surface area contributed by atoms with Crippen LogP contribution in [-0.2, 0) is 11.2 Å². The smallest absolute Gasteiger partial charge is 0.303 e. The lowest BCUT2D eigenvalue weighted by atomic mass is 9.91. The molecule has 0 radical (unpaired) electrons. The van der Waals surface area contributed by atoms with Gasteiger partial charge in [-0.1, -0.05) is 97.1 Å². The molecule has 0 atom stereocenters. The van der Waals surface area contributed by atoms with E-state index in [9.17, 15) is 9.90 Å². The lowest BCUT2D eigenvalue weighted by Crippen LogP contribution is -2.22. The van der Waals surface area contributed by atoms with Crippen LogP contribution in [0.2, 0.25) is 0 Å². The van der Waals surface area contributed by atoms with Gasteiger partial charge in [0.05, 0.1) is 0 Å². The van der Waals surface area contributed by atoms with Crippen LogP contribution < -0.4 is 25.4 Å². The number of carboxylic acids is 1. The third-order valence-electron chi connectivity index (χ3n) is 6.65. The minimum absolute atomic E-state index is 0.0668. The van der Waals surface area contributed by atoms with Gasteiger partial charge in [-0.2, -0.15) is 0 Å². The summed E-state index contributed by atoms with van der Waals surface area (Å²) >= 11 is 0. The molecule has 5 aromatic carbocycles. The number of carboxylic acid groups (broad SMARTS) is 1. The first kappa shape index (κ1) is 23.3. The molecule has 1 aliphatic heterocycles. The molecule has 5 aromatic rings. The molecule has 0 aliphatic carbocycles. The Labute approximate surface area is 216 Å². The fourth-order valence-corrected chi connectivity index (χ4v) is 7.44. The molecule has 1 aliphatic rings. The van der Waals surface area contributed by atoms with Gasteiger partial charge in [0.2, 0.25) is 6.79 Å². The number of fused-ring (bicyclic) bond motifs is 2. The van der Waals surface area contributed by atoms with E-state index < -0.39 is 13.9 Å². The molecular weight excluding hydrogens is 479 g/mol. The topological polar surface area (TPSA) is 55.8 Å². The summed E-state index contributed by atoms with van der Waals surface area (Å²) in [6.07, 6.45) is 0.509. The Balaban J connectivity index is 1.67. The van der Waals surface area contributed by atoms with Crippen molar-refractivity contribution in [2.45, 2.75) is 12.8 Å². The van der Waals surface area contributed by atoms with Crippen molar-refractivity contribution < 1.29 is 19.4 Å². The fourth-order valence-electron chi connectivity index (χ4n) is 4.98. The number of hydrogen-bond acceptors (Lipinski definition) is 3. The van der Waals surface area contributed by atoms with Crippen LogP contribution in [0.1, 0.15) is 12.0 Å². The number of benzene rings is 5. The Kier molecular flexibility index (Phi) is 6.34. The van der Waals surface area contributed by atoms with Crippen molar-refractivity contribution in [3.8, 4) is 22.6 Å². The SMILES string of the molecule is O=C(O)CCc1ccc2ccccc2c1-c1cc2c(cc1P(c1ccccc1)c1ccccc1)OCO2. The van der Waals surface area contributed by atoms with Gasteiger partial charge in [-0.25, -0.2) is 0 Å². The molecule has 0 bridgehead atoms. The van der Waals surface area contributed by atoms with Crippen molar-refractivity contribution in [1.29, 1.82) is 0 Å². The summed E-state index contributed by atoms with van der Waals surface area (Å²) in [4.78, 5) is 11.5. The third kappa shape index (κ3) is 4.57. The molecule has 1 heterocycles.